The number of alkyl carbamates (subject to hydrolysis) is 1. The molecule has 0 aromatic carbocycles. The van der Waals surface area contributed by atoms with Crippen LogP contribution in [0.2, 0.25) is 0 Å². The van der Waals surface area contributed by atoms with Gasteiger partial charge in [-0.3, -0.25) is 4.99 Å². The molecule has 2 aliphatic rings. The van der Waals surface area contributed by atoms with Crippen LogP contribution in [0, 0.1) is 5.92 Å². The lowest BCUT2D eigenvalue weighted by atomic mass is 10.1. The van der Waals surface area contributed by atoms with Crippen molar-refractivity contribution >= 4 is 36.0 Å². The molecule has 2 atom stereocenters. The van der Waals surface area contributed by atoms with Crippen LogP contribution in [0.4, 0.5) is 4.79 Å². The van der Waals surface area contributed by atoms with Crippen LogP contribution in [0.25, 0.3) is 0 Å². The van der Waals surface area contributed by atoms with Gasteiger partial charge < -0.3 is 25.2 Å². The minimum Gasteiger partial charge on any atom is -0.444 e. The number of aliphatic imine (C=N–C) groups is 1. The molecule has 0 aromatic heterocycles. The molecule has 2 unspecified atom stereocenters. The Labute approximate surface area is 175 Å². The molecular weight excluding hydrogens is 445 g/mol. The fourth-order valence-corrected chi connectivity index (χ4v) is 3.36. The van der Waals surface area contributed by atoms with Crippen LogP contribution in [-0.4, -0.2) is 79.8 Å². The first-order chi connectivity index (χ1) is 11.8. The number of rotatable bonds is 4. The first-order valence-electron chi connectivity index (χ1n) is 9.48. The number of guanidine groups is 1. The smallest absolute Gasteiger partial charge is 0.407 e. The van der Waals surface area contributed by atoms with Crippen molar-refractivity contribution in [1.29, 1.82) is 0 Å². The fraction of sp³-hybridized carbons (Fsp3) is 0.889. The third-order valence-corrected chi connectivity index (χ3v) is 4.53. The van der Waals surface area contributed by atoms with Crippen LogP contribution < -0.4 is 10.6 Å². The number of amides is 1. The molecule has 2 fully saturated rings. The Morgan fingerprint density at radius 1 is 1.23 bits per heavy atom. The average Bonchev–Trinajstić information content (AvgIpc) is 3.10. The molecule has 2 aliphatic heterocycles. The molecule has 1 amide bonds. The molecule has 2 heterocycles. The summed E-state index contributed by atoms with van der Waals surface area (Å²) in [4.78, 5) is 21.4. The molecule has 2 rings (SSSR count). The molecule has 0 bridgehead atoms. The second kappa shape index (κ2) is 10.5. The monoisotopic (exact) mass is 481 g/mol. The lowest BCUT2D eigenvalue weighted by Crippen LogP contribution is -2.44. The summed E-state index contributed by atoms with van der Waals surface area (Å²) in [6.07, 6.45) is 1.80. The highest BCUT2D eigenvalue weighted by atomic mass is 127. The Bertz CT molecular complexity index is 481. The third-order valence-electron chi connectivity index (χ3n) is 4.53. The van der Waals surface area contributed by atoms with Gasteiger partial charge in [-0.05, 0) is 60.0 Å². The maximum Gasteiger partial charge on any atom is 0.407 e. The standard InChI is InChI=1S/C18H35N5O2.HI/c1-6-19-16(20-11-14-7-9-22(5)12-14)23-10-8-15(13-23)21-17(24)25-18(2,3)4;/h14-15H,6-13H2,1-5H3,(H,19,20)(H,21,24);1H. The summed E-state index contributed by atoms with van der Waals surface area (Å²) >= 11 is 0. The Balaban J connectivity index is 0.00000338. The van der Waals surface area contributed by atoms with Gasteiger partial charge in [-0.1, -0.05) is 0 Å². The largest absolute Gasteiger partial charge is 0.444 e. The van der Waals surface area contributed by atoms with Crippen LogP contribution in [0.1, 0.15) is 40.5 Å². The van der Waals surface area contributed by atoms with Gasteiger partial charge in [0.05, 0.1) is 6.04 Å². The van der Waals surface area contributed by atoms with Crippen molar-refractivity contribution in [3.05, 3.63) is 0 Å². The summed E-state index contributed by atoms with van der Waals surface area (Å²) in [5.74, 6) is 1.61. The summed E-state index contributed by atoms with van der Waals surface area (Å²) in [7, 11) is 2.17. The number of carbonyl (C=O) groups is 1. The van der Waals surface area contributed by atoms with E-state index in [2.05, 4.69) is 34.4 Å². The van der Waals surface area contributed by atoms with Crippen molar-refractivity contribution in [3.63, 3.8) is 0 Å². The van der Waals surface area contributed by atoms with Crippen molar-refractivity contribution in [2.75, 3.05) is 46.3 Å². The van der Waals surface area contributed by atoms with E-state index in [9.17, 15) is 4.79 Å². The second-order valence-corrected chi connectivity index (χ2v) is 8.19. The Kier molecular flexibility index (Phi) is 9.43. The fourth-order valence-electron chi connectivity index (χ4n) is 3.36. The number of carbonyl (C=O) groups excluding carboxylic acids is 1. The van der Waals surface area contributed by atoms with Gasteiger partial charge in [0.2, 0.25) is 0 Å². The van der Waals surface area contributed by atoms with Crippen LogP contribution in [-0.2, 0) is 4.74 Å². The van der Waals surface area contributed by atoms with Gasteiger partial charge in [0.1, 0.15) is 5.60 Å². The number of likely N-dealkylation sites (tertiary alicyclic amines) is 2. The van der Waals surface area contributed by atoms with Crippen LogP contribution >= 0.6 is 24.0 Å². The maximum absolute atomic E-state index is 11.9. The van der Waals surface area contributed by atoms with Gasteiger partial charge in [0.15, 0.2) is 5.96 Å². The molecule has 0 spiro atoms. The highest BCUT2D eigenvalue weighted by Crippen LogP contribution is 2.16. The summed E-state index contributed by atoms with van der Waals surface area (Å²) in [6, 6.07) is 0.108. The van der Waals surface area contributed by atoms with Gasteiger partial charge in [-0.25, -0.2) is 4.79 Å². The average molecular weight is 481 g/mol. The molecule has 152 valence electrons. The Morgan fingerprint density at radius 3 is 2.54 bits per heavy atom. The number of ether oxygens (including phenoxy) is 1. The SMILES string of the molecule is CCNC(=NCC1CCN(C)C1)N1CCC(NC(=O)OC(C)(C)C)C1.I. The molecule has 7 nitrogen and oxygen atoms in total. The highest BCUT2D eigenvalue weighted by molar-refractivity contribution is 14.0. The zero-order valence-corrected chi connectivity index (χ0v) is 19.2. The van der Waals surface area contributed by atoms with Crippen molar-refractivity contribution in [1.82, 2.24) is 20.4 Å². The molecular formula is C18H36IN5O2. The van der Waals surface area contributed by atoms with E-state index >= 15 is 0 Å². The van der Waals surface area contributed by atoms with Crippen molar-refractivity contribution < 1.29 is 9.53 Å². The van der Waals surface area contributed by atoms with E-state index in [4.69, 9.17) is 9.73 Å². The molecule has 0 saturated carbocycles. The minimum atomic E-state index is -0.465. The number of halogens is 1. The Morgan fingerprint density at radius 2 is 1.96 bits per heavy atom. The second-order valence-electron chi connectivity index (χ2n) is 8.19. The van der Waals surface area contributed by atoms with Crippen LogP contribution in [0.15, 0.2) is 4.99 Å². The van der Waals surface area contributed by atoms with Crippen LogP contribution in [0.5, 0.6) is 0 Å². The third kappa shape index (κ3) is 7.85. The van der Waals surface area contributed by atoms with E-state index in [0.717, 1.165) is 45.1 Å². The van der Waals surface area contributed by atoms with E-state index in [-0.39, 0.29) is 36.1 Å². The minimum absolute atomic E-state index is 0. The van der Waals surface area contributed by atoms with Gasteiger partial charge in [0.25, 0.3) is 0 Å². The molecule has 0 aliphatic carbocycles. The normalized spacial score (nSPS) is 24.3. The number of hydrogen-bond donors (Lipinski definition) is 2. The van der Waals surface area contributed by atoms with E-state index < -0.39 is 5.60 Å². The van der Waals surface area contributed by atoms with Crippen molar-refractivity contribution in [3.8, 4) is 0 Å². The lowest BCUT2D eigenvalue weighted by Gasteiger charge is -2.23. The summed E-state index contributed by atoms with van der Waals surface area (Å²) < 4.78 is 5.35. The highest BCUT2D eigenvalue weighted by Gasteiger charge is 2.28. The van der Waals surface area contributed by atoms with Gasteiger partial charge in [0, 0.05) is 32.7 Å². The summed E-state index contributed by atoms with van der Waals surface area (Å²) in [5.41, 5.74) is -0.465. The van der Waals surface area contributed by atoms with Crippen molar-refractivity contribution in [2.24, 2.45) is 10.9 Å². The van der Waals surface area contributed by atoms with E-state index in [1.165, 1.54) is 13.0 Å². The Hall–Kier alpha value is -0.770. The topological polar surface area (TPSA) is 69.2 Å². The van der Waals surface area contributed by atoms with Crippen molar-refractivity contribution in [2.45, 2.75) is 52.2 Å². The number of hydrogen-bond acceptors (Lipinski definition) is 4. The molecule has 8 heteroatoms. The molecule has 0 aromatic rings. The predicted molar refractivity (Wildman–Crippen MR) is 116 cm³/mol. The molecule has 26 heavy (non-hydrogen) atoms. The van der Waals surface area contributed by atoms with E-state index in [0.29, 0.717) is 5.92 Å². The van der Waals surface area contributed by atoms with Gasteiger partial charge in [-0.15, -0.1) is 24.0 Å². The van der Waals surface area contributed by atoms with E-state index in [1.807, 2.05) is 20.8 Å². The first kappa shape index (κ1) is 23.3. The molecule has 2 N–H and O–H groups in total. The molecule has 2 saturated heterocycles. The first-order valence-corrected chi connectivity index (χ1v) is 9.48. The van der Waals surface area contributed by atoms with Gasteiger partial charge in [-0.2, -0.15) is 0 Å². The lowest BCUT2D eigenvalue weighted by molar-refractivity contribution is 0.0507. The van der Waals surface area contributed by atoms with E-state index in [1.54, 1.807) is 0 Å². The van der Waals surface area contributed by atoms with Crippen LogP contribution in [0.3, 0.4) is 0 Å². The zero-order valence-electron chi connectivity index (χ0n) is 16.9. The predicted octanol–water partition coefficient (Wildman–Crippen LogP) is 2.12. The quantitative estimate of drug-likeness (QED) is 0.366. The zero-order chi connectivity index (χ0) is 18.4. The summed E-state index contributed by atoms with van der Waals surface area (Å²) in [5, 5.41) is 6.36. The van der Waals surface area contributed by atoms with Gasteiger partial charge >= 0.3 is 6.09 Å². The molecule has 0 radical (unpaired) electrons. The number of nitrogens with zero attached hydrogens (tertiary/aromatic N) is 3. The maximum atomic E-state index is 11.9. The summed E-state index contributed by atoms with van der Waals surface area (Å²) in [6.45, 7) is 13.4. The number of nitrogens with one attached hydrogen (secondary N) is 2.